The van der Waals surface area contributed by atoms with Gasteiger partial charge in [-0.3, -0.25) is 4.79 Å². The predicted molar refractivity (Wildman–Crippen MR) is 121 cm³/mol. The van der Waals surface area contributed by atoms with Crippen molar-refractivity contribution in [3.63, 3.8) is 0 Å². The van der Waals surface area contributed by atoms with Crippen molar-refractivity contribution in [2.45, 2.75) is 57.9 Å². The molecule has 0 bridgehead atoms. The largest absolute Gasteiger partial charge is 0.339 e. The second-order valence-electron chi connectivity index (χ2n) is 8.87. The lowest BCUT2D eigenvalue weighted by molar-refractivity contribution is -0.133. The van der Waals surface area contributed by atoms with E-state index in [9.17, 15) is 4.79 Å². The van der Waals surface area contributed by atoms with Gasteiger partial charge in [0.1, 0.15) is 0 Å². The quantitative estimate of drug-likeness (QED) is 0.666. The molecule has 0 aliphatic carbocycles. The van der Waals surface area contributed by atoms with Gasteiger partial charge in [0.2, 0.25) is 17.6 Å². The fourth-order valence-corrected chi connectivity index (χ4v) is 4.56. The minimum Gasteiger partial charge on any atom is -0.339 e. The molecule has 1 atom stereocenters. The van der Waals surface area contributed by atoms with E-state index >= 15 is 0 Å². The molecule has 2 aliphatic heterocycles. The number of amides is 1. The maximum absolute atomic E-state index is 13.1. The maximum Gasteiger partial charge on any atom is 0.226 e. The highest BCUT2D eigenvalue weighted by Crippen LogP contribution is 2.18. The summed E-state index contributed by atoms with van der Waals surface area (Å²) >= 11 is 0. The Morgan fingerprint density at radius 2 is 2.03 bits per heavy atom. The zero-order valence-corrected chi connectivity index (χ0v) is 18.7. The average Bonchev–Trinajstić information content (AvgIpc) is 3.48. The first-order chi connectivity index (χ1) is 15.2. The number of likely N-dealkylation sites (tertiary alicyclic amines) is 1. The van der Waals surface area contributed by atoms with E-state index in [1.165, 1.54) is 37.9 Å². The van der Waals surface area contributed by atoms with Crippen molar-refractivity contribution in [2.75, 3.05) is 39.3 Å². The summed E-state index contributed by atoms with van der Waals surface area (Å²) in [7, 11) is 0. The van der Waals surface area contributed by atoms with E-state index in [2.05, 4.69) is 32.2 Å². The number of hydrogen-bond donors (Lipinski definition) is 1. The van der Waals surface area contributed by atoms with Crippen LogP contribution in [0.2, 0.25) is 0 Å². The molecule has 2 fully saturated rings. The molecule has 3 heterocycles. The van der Waals surface area contributed by atoms with E-state index in [-0.39, 0.29) is 5.91 Å². The molecule has 1 aromatic heterocycles. The predicted octanol–water partition coefficient (Wildman–Crippen LogP) is 3.04. The third-order valence-electron chi connectivity index (χ3n) is 6.46. The summed E-state index contributed by atoms with van der Waals surface area (Å²) in [4.78, 5) is 22.2. The minimum absolute atomic E-state index is 0.254. The first-order valence-corrected chi connectivity index (χ1v) is 11.8. The molecule has 0 radical (unpaired) electrons. The monoisotopic (exact) mass is 425 g/mol. The Morgan fingerprint density at radius 3 is 2.77 bits per heavy atom. The Labute approximate surface area is 185 Å². The number of piperidine rings is 1. The van der Waals surface area contributed by atoms with Crippen LogP contribution in [0.4, 0.5) is 0 Å². The van der Waals surface area contributed by atoms with Crippen LogP contribution in [0.15, 0.2) is 28.8 Å². The first kappa shape index (κ1) is 22.0. The number of nitrogens with one attached hydrogen (secondary N) is 1. The molecule has 1 N–H and O–H groups in total. The molecule has 2 aliphatic rings. The maximum atomic E-state index is 13.1. The molecule has 168 valence electrons. The molecule has 2 aromatic rings. The molecular weight excluding hydrogens is 390 g/mol. The SMILES string of the molecule is Cc1ccc(-c2noc(CCCC(=O)N(CCN3CCCCC3)C3CCNC3)n2)cc1. The second kappa shape index (κ2) is 10.9. The molecule has 1 aromatic carbocycles. The van der Waals surface area contributed by atoms with E-state index < -0.39 is 0 Å². The number of aryl methyl sites for hydroxylation is 2. The highest BCUT2D eigenvalue weighted by atomic mass is 16.5. The van der Waals surface area contributed by atoms with Gasteiger partial charge in [0, 0.05) is 44.1 Å². The Bertz CT molecular complexity index is 823. The van der Waals surface area contributed by atoms with Gasteiger partial charge in [-0.2, -0.15) is 4.98 Å². The number of benzene rings is 1. The summed E-state index contributed by atoms with van der Waals surface area (Å²) < 4.78 is 5.42. The van der Waals surface area contributed by atoms with Crippen molar-refractivity contribution in [1.29, 1.82) is 0 Å². The summed E-state index contributed by atoms with van der Waals surface area (Å²) in [5.74, 6) is 1.47. The normalized spacial score (nSPS) is 19.6. The summed E-state index contributed by atoms with van der Waals surface area (Å²) in [5, 5.41) is 7.51. The Morgan fingerprint density at radius 1 is 1.23 bits per heavy atom. The van der Waals surface area contributed by atoms with E-state index in [0.717, 1.165) is 44.6 Å². The number of aromatic nitrogens is 2. The van der Waals surface area contributed by atoms with E-state index in [4.69, 9.17) is 4.52 Å². The van der Waals surface area contributed by atoms with Gasteiger partial charge in [-0.15, -0.1) is 0 Å². The molecule has 7 heteroatoms. The van der Waals surface area contributed by atoms with Gasteiger partial charge in [-0.1, -0.05) is 41.4 Å². The van der Waals surface area contributed by atoms with Gasteiger partial charge >= 0.3 is 0 Å². The standard InChI is InChI=1S/C24H35N5O2/c1-19-8-10-20(11-9-19)24-26-22(31-27-24)6-5-7-23(30)29(21-12-13-25-18-21)17-16-28-14-3-2-4-15-28/h8-11,21,25H,2-7,12-18H2,1H3. The van der Waals surface area contributed by atoms with Gasteiger partial charge in [0.15, 0.2) is 0 Å². The average molecular weight is 426 g/mol. The fraction of sp³-hybridized carbons (Fsp3) is 0.625. The molecule has 4 rings (SSSR count). The van der Waals surface area contributed by atoms with Gasteiger partial charge < -0.3 is 19.6 Å². The van der Waals surface area contributed by atoms with Crippen molar-refractivity contribution < 1.29 is 9.32 Å². The van der Waals surface area contributed by atoms with Gasteiger partial charge in [-0.05, 0) is 52.2 Å². The second-order valence-corrected chi connectivity index (χ2v) is 8.87. The topological polar surface area (TPSA) is 74.5 Å². The van der Waals surface area contributed by atoms with E-state index in [0.29, 0.717) is 30.6 Å². The van der Waals surface area contributed by atoms with Crippen LogP contribution in [-0.4, -0.2) is 71.2 Å². The summed E-state index contributed by atoms with van der Waals surface area (Å²) in [6.07, 6.45) is 6.85. The number of rotatable bonds is 9. The van der Waals surface area contributed by atoms with E-state index in [1.807, 2.05) is 24.3 Å². The molecule has 31 heavy (non-hydrogen) atoms. The molecule has 1 amide bonds. The van der Waals surface area contributed by atoms with Crippen molar-refractivity contribution >= 4 is 5.91 Å². The van der Waals surface area contributed by atoms with Crippen molar-refractivity contribution in [1.82, 2.24) is 25.3 Å². The smallest absolute Gasteiger partial charge is 0.226 e. The third-order valence-corrected chi connectivity index (χ3v) is 6.46. The van der Waals surface area contributed by atoms with Crippen LogP contribution in [0, 0.1) is 6.92 Å². The minimum atomic E-state index is 0.254. The van der Waals surface area contributed by atoms with Crippen LogP contribution >= 0.6 is 0 Å². The van der Waals surface area contributed by atoms with E-state index in [1.54, 1.807) is 0 Å². The Kier molecular flexibility index (Phi) is 7.70. The Hall–Kier alpha value is -2.25. The highest BCUT2D eigenvalue weighted by molar-refractivity contribution is 5.76. The molecule has 0 spiro atoms. The first-order valence-electron chi connectivity index (χ1n) is 11.8. The van der Waals surface area contributed by atoms with Crippen molar-refractivity contribution in [3.8, 4) is 11.4 Å². The number of nitrogens with zero attached hydrogens (tertiary/aromatic N) is 4. The number of carbonyl (C=O) groups excluding carboxylic acids is 1. The third kappa shape index (κ3) is 6.14. The molecule has 0 saturated carbocycles. The van der Waals surface area contributed by atoms with Crippen molar-refractivity contribution in [2.24, 2.45) is 0 Å². The molecule has 7 nitrogen and oxygen atoms in total. The van der Waals surface area contributed by atoms with Gasteiger partial charge in [-0.25, -0.2) is 0 Å². The zero-order chi connectivity index (χ0) is 21.5. The van der Waals surface area contributed by atoms with Crippen LogP contribution < -0.4 is 5.32 Å². The Balaban J connectivity index is 1.27. The van der Waals surface area contributed by atoms with Crippen molar-refractivity contribution in [3.05, 3.63) is 35.7 Å². The van der Waals surface area contributed by atoms with Crippen LogP contribution in [-0.2, 0) is 11.2 Å². The zero-order valence-electron chi connectivity index (χ0n) is 18.7. The molecular formula is C24H35N5O2. The lowest BCUT2D eigenvalue weighted by Gasteiger charge is -2.33. The lowest BCUT2D eigenvalue weighted by Crippen LogP contribution is -2.46. The van der Waals surface area contributed by atoms with Gasteiger partial charge in [0.25, 0.3) is 0 Å². The molecule has 2 saturated heterocycles. The number of hydrogen-bond acceptors (Lipinski definition) is 6. The fourth-order valence-electron chi connectivity index (χ4n) is 4.56. The lowest BCUT2D eigenvalue weighted by atomic mass is 10.1. The summed E-state index contributed by atoms with van der Waals surface area (Å²) in [5.41, 5.74) is 2.16. The van der Waals surface area contributed by atoms with Gasteiger partial charge in [0.05, 0.1) is 0 Å². The number of carbonyl (C=O) groups is 1. The highest BCUT2D eigenvalue weighted by Gasteiger charge is 2.26. The van der Waals surface area contributed by atoms with Crippen LogP contribution in [0.5, 0.6) is 0 Å². The van der Waals surface area contributed by atoms with Crippen LogP contribution in [0.25, 0.3) is 11.4 Å². The summed E-state index contributed by atoms with van der Waals surface area (Å²) in [6, 6.07) is 8.42. The molecule has 1 unspecified atom stereocenters. The van der Waals surface area contributed by atoms with Crippen LogP contribution in [0.1, 0.15) is 50.0 Å². The van der Waals surface area contributed by atoms with Crippen LogP contribution in [0.3, 0.4) is 0 Å². The summed E-state index contributed by atoms with van der Waals surface area (Å²) in [6.45, 7) is 8.14.